The van der Waals surface area contributed by atoms with Gasteiger partial charge in [0.25, 0.3) is 0 Å². The summed E-state index contributed by atoms with van der Waals surface area (Å²) in [7, 11) is 2.87. The van der Waals surface area contributed by atoms with Crippen LogP contribution in [0.25, 0.3) is 0 Å². The van der Waals surface area contributed by atoms with Crippen LogP contribution in [0, 0.1) is 0 Å². The van der Waals surface area contributed by atoms with E-state index < -0.39 is 49.5 Å². The van der Waals surface area contributed by atoms with Crippen molar-refractivity contribution in [1.82, 2.24) is 0 Å². The van der Waals surface area contributed by atoms with Gasteiger partial charge in [0.1, 0.15) is 24.4 Å². The van der Waals surface area contributed by atoms with Crippen molar-refractivity contribution < 1.29 is 54.3 Å². The molecule has 11 nitrogen and oxygen atoms in total. The van der Waals surface area contributed by atoms with Gasteiger partial charge < -0.3 is 54.3 Å². The van der Waals surface area contributed by atoms with Crippen LogP contribution in [0.15, 0.2) is 30.3 Å². The molecule has 2 aromatic carbocycles. The quantitative estimate of drug-likeness (QED) is 0.211. The van der Waals surface area contributed by atoms with Crippen LogP contribution < -0.4 is 18.9 Å². The standard InChI is InChI=1S/C28H40O11/c1-5-6-7-16-10-18(13-29)27(21(11-16)36-4)38-22(14-30)24(32)17-8-9-19(20(12-17)35-3)39-28-26(34)25(33)23(31)15(2)37-28/h8-12,15,22-26,28-34H,5-7,13-14H2,1-4H3. The van der Waals surface area contributed by atoms with Crippen molar-refractivity contribution >= 4 is 0 Å². The number of unbranched alkanes of at least 4 members (excludes halogenated alkanes) is 1. The monoisotopic (exact) mass is 552 g/mol. The van der Waals surface area contributed by atoms with Crippen LogP contribution in [-0.2, 0) is 17.8 Å². The van der Waals surface area contributed by atoms with E-state index in [2.05, 4.69) is 6.92 Å². The maximum atomic E-state index is 11.1. The van der Waals surface area contributed by atoms with E-state index in [1.807, 2.05) is 12.1 Å². The first-order chi connectivity index (χ1) is 18.7. The molecule has 0 bridgehead atoms. The van der Waals surface area contributed by atoms with Crippen molar-refractivity contribution in [2.45, 2.75) is 82.6 Å². The van der Waals surface area contributed by atoms with Gasteiger partial charge >= 0.3 is 0 Å². The van der Waals surface area contributed by atoms with Crippen molar-refractivity contribution in [2.75, 3.05) is 20.8 Å². The summed E-state index contributed by atoms with van der Waals surface area (Å²) >= 11 is 0. The highest BCUT2D eigenvalue weighted by molar-refractivity contribution is 5.50. The maximum absolute atomic E-state index is 11.1. The molecule has 11 heteroatoms. The van der Waals surface area contributed by atoms with E-state index in [9.17, 15) is 30.6 Å². The highest BCUT2D eigenvalue weighted by Crippen LogP contribution is 2.38. The molecule has 0 spiro atoms. The molecule has 3 rings (SSSR count). The van der Waals surface area contributed by atoms with E-state index in [1.165, 1.54) is 39.3 Å². The average Bonchev–Trinajstić information content (AvgIpc) is 2.95. The number of aryl methyl sites for hydroxylation is 1. The van der Waals surface area contributed by atoms with Crippen LogP contribution in [0.1, 0.15) is 49.5 Å². The molecule has 1 aliphatic heterocycles. The molecule has 218 valence electrons. The van der Waals surface area contributed by atoms with Gasteiger partial charge in [-0.1, -0.05) is 19.4 Å². The number of benzene rings is 2. The summed E-state index contributed by atoms with van der Waals surface area (Å²) in [6, 6.07) is 8.12. The topological polar surface area (TPSA) is 168 Å². The Bertz CT molecular complexity index is 1040. The predicted molar refractivity (Wildman–Crippen MR) is 140 cm³/mol. The van der Waals surface area contributed by atoms with Crippen molar-refractivity contribution in [3.8, 4) is 23.0 Å². The van der Waals surface area contributed by atoms with Gasteiger partial charge in [-0.05, 0) is 55.2 Å². The number of rotatable bonds is 13. The molecule has 7 unspecified atom stereocenters. The van der Waals surface area contributed by atoms with Gasteiger partial charge in [0, 0.05) is 5.56 Å². The second-order valence-electron chi connectivity index (χ2n) is 9.54. The minimum Gasteiger partial charge on any atom is -0.493 e. The molecule has 0 amide bonds. The van der Waals surface area contributed by atoms with Crippen LogP contribution in [-0.4, -0.2) is 88.3 Å². The van der Waals surface area contributed by atoms with E-state index in [0.29, 0.717) is 16.9 Å². The van der Waals surface area contributed by atoms with Crippen LogP contribution in [0.3, 0.4) is 0 Å². The fourth-order valence-electron chi connectivity index (χ4n) is 4.42. The minimum atomic E-state index is -1.51. The lowest BCUT2D eigenvalue weighted by Crippen LogP contribution is -2.58. The van der Waals surface area contributed by atoms with E-state index in [4.69, 9.17) is 23.7 Å². The van der Waals surface area contributed by atoms with Gasteiger partial charge in [-0.3, -0.25) is 0 Å². The third-order valence-electron chi connectivity index (χ3n) is 6.78. The van der Waals surface area contributed by atoms with E-state index in [-0.39, 0.29) is 23.9 Å². The number of methoxy groups -OCH3 is 2. The maximum Gasteiger partial charge on any atom is 0.229 e. The Morgan fingerprint density at radius 2 is 1.64 bits per heavy atom. The summed E-state index contributed by atoms with van der Waals surface area (Å²) in [5.41, 5.74) is 1.78. The Balaban J connectivity index is 1.82. The Hall–Kier alpha value is -2.64. The molecular formula is C28H40O11. The van der Waals surface area contributed by atoms with Crippen molar-refractivity contribution in [3.63, 3.8) is 0 Å². The van der Waals surface area contributed by atoms with Crippen LogP contribution in [0.2, 0.25) is 0 Å². The Morgan fingerprint density at radius 3 is 2.26 bits per heavy atom. The van der Waals surface area contributed by atoms with E-state index in [0.717, 1.165) is 24.8 Å². The van der Waals surface area contributed by atoms with E-state index >= 15 is 0 Å². The zero-order chi connectivity index (χ0) is 28.7. The minimum absolute atomic E-state index is 0.154. The SMILES string of the molecule is CCCCc1cc(CO)c(OC(CO)C(O)c2ccc(OC3OC(C)C(O)C(O)C3O)c(OC)c2)c(OC)c1. The summed E-state index contributed by atoms with van der Waals surface area (Å²) in [5, 5.41) is 61.4. The fraction of sp³-hybridized carbons (Fsp3) is 0.571. The van der Waals surface area contributed by atoms with Gasteiger partial charge in [-0.2, -0.15) is 0 Å². The summed E-state index contributed by atoms with van der Waals surface area (Å²) in [6.45, 7) is 2.76. The smallest absolute Gasteiger partial charge is 0.229 e. The van der Waals surface area contributed by atoms with Crippen LogP contribution in [0.5, 0.6) is 23.0 Å². The highest BCUT2D eigenvalue weighted by Gasteiger charge is 2.43. The third kappa shape index (κ3) is 7.12. The molecule has 2 aromatic rings. The summed E-state index contributed by atoms with van der Waals surface area (Å²) in [5.74, 6) is 0.943. The highest BCUT2D eigenvalue weighted by atomic mass is 16.7. The second kappa shape index (κ2) is 14.1. The normalized spacial score (nSPS) is 24.6. The lowest BCUT2D eigenvalue weighted by molar-refractivity contribution is -0.268. The third-order valence-corrected chi connectivity index (χ3v) is 6.78. The van der Waals surface area contributed by atoms with Crippen molar-refractivity contribution in [1.29, 1.82) is 0 Å². The van der Waals surface area contributed by atoms with Gasteiger partial charge in [-0.25, -0.2) is 0 Å². The molecule has 1 aliphatic rings. The van der Waals surface area contributed by atoms with Gasteiger partial charge in [0.2, 0.25) is 6.29 Å². The lowest BCUT2D eigenvalue weighted by atomic mass is 10.00. The average molecular weight is 553 g/mol. The summed E-state index contributed by atoms with van der Waals surface area (Å²) in [4.78, 5) is 0. The number of aliphatic hydroxyl groups excluding tert-OH is 6. The van der Waals surface area contributed by atoms with Crippen molar-refractivity contribution in [3.05, 3.63) is 47.0 Å². The zero-order valence-corrected chi connectivity index (χ0v) is 22.7. The van der Waals surface area contributed by atoms with Crippen molar-refractivity contribution in [2.24, 2.45) is 0 Å². The lowest BCUT2D eigenvalue weighted by Gasteiger charge is -2.39. The van der Waals surface area contributed by atoms with Gasteiger partial charge in [0.15, 0.2) is 29.1 Å². The number of aliphatic hydroxyl groups is 6. The number of hydrogen-bond acceptors (Lipinski definition) is 11. The molecule has 0 aromatic heterocycles. The fourth-order valence-corrected chi connectivity index (χ4v) is 4.42. The predicted octanol–water partition coefficient (Wildman–Crippen LogP) is 1.22. The van der Waals surface area contributed by atoms with Gasteiger partial charge in [0.05, 0.1) is 33.5 Å². The first kappa shape index (κ1) is 30.9. The first-order valence-corrected chi connectivity index (χ1v) is 13.0. The van der Waals surface area contributed by atoms with Crippen LogP contribution in [0.4, 0.5) is 0 Å². The molecule has 7 atom stereocenters. The molecule has 39 heavy (non-hydrogen) atoms. The zero-order valence-electron chi connectivity index (χ0n) is 22.7. The van der Waals surface area contributed by atoms with Crippen LogP contribution >= 0.6 is 0 Å². The largest absolute Gasteiger partial charge is 0.493 e. The number of ether oxygens (including phenoxy) is 5. The van der Waals surface area contributed by atoms with Gasteiger partial charge in [-0.15, -0.1) is 0 Å². The molecule has 1 saturated heterocycles. The molecule has 1 fully saturated rings. The molecule has 0 saturated carbocycles. The van der Waals surface area contributed by atoms with E-state index in [1.54, 1.807) is 0 Å². The Kier molecular flexibility index (Phi) is 11.2. The molecule has 1 heterocycles. The first-order valence-electron chi connectivity index (χ1n) is 13.0. The Labute approximate surface area is 228 Å². The summed E-state index contributed by atoms with van der Waals surface area (Å²) < 4.78 is 28.1. The Morgan fingerprint density at radius 1 is 0.923 bits per heavy atom. The molecule has 0 aliphatic carbocycles. The molecule has 6 N–H and O–H groups in total. The molecular weight excluding hydrogens is 512 g/mol. The number of hydrogen-bond donors (Lipinski definition) is 6. The summed E-state index contributed by atoms with van der Waals surface area (Å²) in [6.07, 6.45) is -5.96. The second-order valence-corrected chi connectivity index (χ2v) is 9.54. The molecule has 0 radical (unpaired) electrons.